The van der Waals surface area contributed by atoms with E-state index >= 15 is 0 Å². The summed E-state index contributed by atoms with van der Waals surface area (Å²) in [6.45, 7) is 10.8. The molecule has 0 unspecified atom stereocenters. The van der Waals surface area contributed by atoms with Crippen molar-refractivity contribution in [2.75, 3.05) is 0 Å². The summed E-state index contributed by atoms with van der Waals surface area (Å²) < 4.78 is 9.77. The maximum atomic E-state index is 10.8. The predicted molar refractivity (Wildman–Crippen MR) is 49.1 cm³/mol. The van der Waals surface area contributed by atoms with Crippen LogP contribution in [-0.2, 0) is 9.47 Å². The van der Waals surface area contributed by atoms with Gasteiger partial charge in [-0.2, -0.15) is 0 Å². The fourth-order valence-electron chi connectivity index (χ4n) is 1.29. The molecule has 0 amide bonds. The van der Waals surface area contributed by atoms with Gasteiger partial charge in [-0.05, 0) is 0 Å². The number of hydrogen-bond acceptors (Lipinski definition) is 3. The minimum Gasteiger partial charge on any atom is -0.419 e. The van der Waals surface area contributed by atoms with E-state index < -0.39 is 11.8 Å². The zero-order valence-electron chi connectivity index (χ0n) is 7.41. The lowest BCUT2D eigenvalue weighted by Gasteiger charge is -2.22. The molecule has 1 aliphatic heterocycles. The van der Waals surface area contributed by atoms with Gasteiger partial charge in [-0.1, -0.05) is 18.7 Å². The molecule has 13 heavy (non-hydrogen) atoms. The Morgan fingerprint density at radius 3 is 2.15 bits per heavy atom. The Hall–Kier alpha value is -1.51. The first-order valence-electron chi connectivity index (χ1n) is 3.96. The van der Waals surface area contributed by atoms with E-state index in [9.17, 15) is 4.79 Å². The Bertz CT molecular complexity index is 255. The van der Waals surface area contributed by atoms with Crippen molar-refractivity contribution < 1.29 is 14.3 Å². The lowest BCUT2D eigenvalue weighted by atomic mass is 9.94. The molecule has 0 saturated carbocycles. The molecule has 0 aromatic heterocycles. The van der Waals surface area contributed by atoms with Crippen LogP contribution in [0.4, 0.5) is 4.79 Å². The van der Waals surface area contributed by atoms with Crippen LogP contribution in [0.1, 0.15) is 12.8 Å². The summed E-state index contributed by atoms with van der Waals surface area (Å²) >= 11 is 0. The molecule has 70 valence electrons. The van der Waals surface area contributed by atoms with Crippen molar-refractivity contribution in [3.8, 4) is 0 Å². The van der Waals surface area contributed by atoms with E-state index in [0.717, 1.165) is 0 Å². The maximum Gasteiger partial charge on any atom is 0.514 e. The number of rotatable bonds is 4. The highest BCUT2D eigenvalue weighted by Gasteiger charge is 2.44. The van der Waals surface area contributed by atoms with Crippen molar-refractivity contribution in [1.82, 2.24) is 0 Å². The van der Waals surface area contributed by atoms with Crippen molar-refractivity contribution >= 4 is 6.16 Å². The van der Waals surface area contributed by atoms with Crippen LogP contribution in [0.15, 0.2) is 37.6 Å². The van der Waals surface area contributed by atoms with Crippen LogP contribution in [0, 0.1) is 0 Å². The van der Waals surface area contributed by atoms with Gasteiger partial charge < -0.3 is 9.47 Å². The van der Waals surface area contributed by atoms with Crippen LogP contribution in [0.25, 0.3) is 0 Å². The highest BCUT2D eigenvalue weighted by atomic mass is 16.8. The van der Waals surface area contributed by atoms with Gasteiger partial charge in [0.25, 0.3) is 0 Å². The highest BCUT2D eigenvalue weighted by Crippen LogP contribution is 2.36. The molecule has 1 saturated heterocycles. The fraction of sp³-hybridized carbons (Fsp3) is 0.300. The average molecular weight is 180 g/mol. The van der Waals surface area contributed by atoms with Gasteiger partial charge in [-0.15, -0.1) is 13.2 Å². The molecule has 0 aromatic rings. The Morgan fingerprint density at radius 2 is 1.85 bits per heavy atom. The standard InChI is InChI=1S/C10H12O3/c1-4-6-10(7-5-2)8(3)12-9(11)13-10/h4-5H,1-3,6-7H2. The first-order chi connectivity index (χ1) is 6.14. The third-order valence-electron chi connectivity index (χ3n) is 1.94. The normalized spacial score (nSPS) is 19.1. The van der Waals surface area contributed by atoms with E-state index in [0.29, 0.717) is 18.6 Å². The molecule has 0 spiro atoms. The SMILES string of the molecule is C=CCC1(CC=C)OC(=O)OC1=C. The Kier molecular flexibility index (Phi) is 2.56. The molecule has 0 aromatic carbocycles. The Balaban J connectivity index is 2.88. The molecular weight excluding hydrogens is 168 g/mol. The second-order valence-electron chi connectivity index (χ2n) is 2.86. The van der Waals surface area contributed by atoms with E-state index in [4.69, 9.17) is 9.47 Å². The van der Waals surface area contributed by atoms with Crippen molar-refractivity contribution in [3.05, 3.63) is 37.6 Å². The topological polar surface area (TPSA) is 35.5 Å². The lowest BCUT2D eigenvalue weighted by molar-refractivity contribution is 0.0690. The average Bonchev–Trinajstić information content (AvgIpc) is 2.28. The number of hydrogen-bond donors (Lipinski definition) is 0. The van der Waals surface area contributed by atoms with Crippen molar-refractivity contribution in [3.63, 3.8) is 0 Å². The van der Waals surface area contributed by atoms with Gasteiger partial charge in [-0.3, -0.25) is 0 Å². The minimum absolute atomic E-state index is 0.331. The Labute approximate surface area is 77.3 Å². The van der Waals surface area contributed by atoms with E-state index in [1.54, 1.807) is 12.2 Å². The molecule has 1 aliphatic rings. The van der Waals surface area contributed by atoms with Crippen LogP contribution >= 0.6 is 0 Å². The monoisotopic (exact) mass is 180 g/mol. The first kappa shape index (κ1) is 9.58. The summed E-state index contributed by atoms with van der Waals surface area (Å²) in [5.41, 5.74) is -0.777. The zero-order valence-corrected chi connectivity index (χ0v) is 7.41. The van der Waals surface area contributed by atoms with Gasteiger partial charge in [0, 0.05) is 12.8 Å². The van der Waals surface area contributed by atoms with Crippen molar-refractivity contribution in [2.24, 2.45) is 0 Å². The van der Waals surface area contributed by atoms with Crippen LogP contribution in [-0.4, -0.2) is 11.8 Å². The third-order valence-corrected chi connectivity index (χ3v) is 1.94. The predicted octanol–water partition coefficient (Wildman–Crippen LogP) is 2.56. The van der Waals surface area contributed by atoms with Crippen LogP contribution < -0.4 is 0 Å². The second kappa shape index (κ2) is 3.47. The van der Waals surface area contributed by atoms with Gasteiger partial charge in [0.15, 0.2) is 5.60 Å². The molecule has 0 aliphatic carbocycles. The van der Waals surface area contributed by atoms with Gasteiger partial charge >= 0.3 is 6.16 Å². The third kappa shape index (κ3) is 1.64. The molecule has 3 nitrogen and oxygen atoms in total. The fourth-order valence-corrected chi connectivity index (χ4v) is 1.29. The van der Waals surface area contributed by atoms with Gasteiger partial charge in [0.2, 0.25) is 0 Å². The van der Waals surface area contributed by atoms with E-state index in [-0.39, 0.29) is 0 Å². The maximum absolute atomic E-state index is 10.8. The van der Waals surface area contributed by atoms with E-state index in [1.165, 1.54) is 0 Å². The van der Waals surface area contributed by atoms with Gasteiger partial charge in [-0.25, -0.2) is 4.79 Å². The highest BCUT2D eigenvalue weighted by molar-refractivity contribution is 5.66. The van der Waals surface area contributed by atoms with Crippen LogP contribution in [0.2, 0.25) is 0 Å². The molecule has 1 fully saturated rings. The van der Waals surface area contributed by atoms with Gasteiger partial charge in [0.1, 0.15) is 5.76 Å². The molecule has 0 atom stereocenters. The summed E-state index contributed by atoms with van der Waals surface area (Å²) in [4.78, 5) is 10.8. The molecule has 0 bridgehead atoms. The minimum atomic E-state index is -0.777. The second-order valence-corrected chi connectivity index (χ2v) is 2.86. The largest absolute Gasteiger partial charge is 0.514 e. The first-order valence-corrected chi connectivity index (χ1v) is 3.96. The molecular formula is C10H12O3. The molecule has 0 N–H and O–H groups in total. The number of ether oxygens (including phenoxy) is 2. The molecule has 0 radical (unpaired) electrons. The molecule has 3 heteroatoms. The zero-order chi connectivity index (χ0) is 9.90. The van der Waals surface area contributed by atoms with Crippen LogP contribution in [0.3, 0.4) is 0 Å². The summed E-state index contributed by atoms with van der Waals surface area (Å²) in [6.07, 6.45) is 3.61. The Morgan fingerprint density at radius 1 is 1.31 bits per heavy atom. The lowest BCUT2D eigenvalue weighted by Crippen LogP contribution is -2.28. The van der Waals surface area contributed by atoms with Crippen molar-refractivity contribution in [2.45, 2.75) is 18.4 Å². The van der Waals surface area contributed by atoms with Gasteiger partial charge in [0.05, 0.1) is 0 Å². The summed E-state index contributed by atoms with van der Waals surface area (Å²) in [5, 5.41) is 0. The molecule has 1 heterocycles. The number of carbonyl (C=O) groups is 1. The van der Waals surface area contributed by atoms with E-state index in [1.807, 2.05) is 0 Å². The summed E-state index contributed by atoms with van der Waals surface area (Å²) in [7, 11) is 0. The summed E-state index contributed by atoms with van der Waals surface area (Å²) in [5.74, 6) is 0.331. The van der Waals surface area contributed by atoms with Crippen LogP contribution in [0.5, 0.6) is 0 Å². The number of cyclic esters (lactones) is 2. The van der Waals surface area contributed by atoms with Crippen molar-refractivity contribution in [1.29, 1.82) is 0 Å². The molecule has 1 rings (SSSR count). The summed E-state index contributed by atoms with van der Waals surface area (Å²) in [6, 6.07) is 0. The smallest absolute Gasteiger partial charge is 0.419 e. The quantitative estimate of drug-likeness (QED) is 0.492. The van der Waals surface area contributed by atoms with E-state index in [2.05, 4.69) is 19.7 Å². The number of carbonyl (C=O) groups excluding carboxylic acids is 1.